The molecule has 1 saturated heterocycles. The Morgan fingerprint density at radius 3 is 2.26 bits per heavy atom. The number of rotatable bonds is 13. The number of hydrogen-bond acceptors (Lipinski definition) is 6. The average Bonchev–Trinajstić information content (AvgIpc) is 3.10. The summed E-state index contributed by atoms with van der Waals surface area (Å²) in [5.74, 6) is -1.27. The Bertz CT molecular complexity index is 1580. The molecule has 8 nitrogen and oxygen atoms in total. The first kappa shape index (κ1) is 33.0. The van der Waals surface area contributed by atoms with E-state index in [1.807, 2.05) is 78.9 Å². The Kier molecular flexibility index (Phi) is 11.3. The van der Waals surface area contributed by atoms with Crippen molar-refractivity contribution >= 4 is 11.9 Å². The second-order valence-electron chi connectivity index (χ2n) is 11.9. The molecule has 1 aliphatic heterocycles. The molecular formula is C38H42N2O6. The molecule has 0 bridgehead atoms. The van der Waals surface area contributed by atoms with E-state index in [9.17, 15) is 14.7 Å². The molecule has 8 heteroatoms. The molecule has 1 aliphatic rings. The molecule has 0 saturated carbocycles. The van der Waals surface area contributed by atoms with E-state index in [0.717, 1.165) is 39.9 Å². The lowest BCUT2D eigenvalue weighted by Crippen LogP contribution is -2.38. The van der Waals surface area contributed by atoms with Gasteiger partial charge in [0.2, 0.25) is 5.91 Å². The van der Waals surface area contributed by atoms with E-state index in [2.05, 4.69) is 48.5 Å². The molecule has 5 rings (SSSR count). The molecule has 3 N–H and O–H groups in total. The Balaban J connectivity index is 1.30. The zero-order valence-corrected chi connectivity index (χ0v) is 26.3. The fraction of sp³-hybridized carbons (Fsp3) is 0.316. The van der Waals surface area contributed by atoms with E-state index in [0.29, 0.717) is 13.0 Å². The van der Waals surface area contributed by atoms with E-state index in [1.165, 1.54) is 5.56 Å². The normalized spacial score (nSPS) is 18.7. The van der Waals surface area contributed by atoms with Gasteiger partial charge >= 0.3 is 5.97 Å². The standard InChI is InChI=1S/C38H42N2O6/c1-26(29-8-4-3-5-9-29)40(2)24-34-22-35(31-13-11-27(25-41)12-14-31)46-38(45-34)32-17-15-30(16-18-32)33-10-6-7-28(21-33)23-39-36(42)19-20-37(43)44/h3-18,21,26,34-35,38,41H,19-20,22-25H2,1-2H3,(H,39,42)(H,43,44)/t26-,34+,35-,38-/m0/s1. The molecule has 1 fully saturated rings. The third-order valence-electron chi connectivity index (χ3n) is 8.55. The smallest absolute Gasteiger partial charge is 0.303 e. The van der Waals surface area contributed by atoms with E-state index in [4.69, 9.17) is 14.6 Å². The van der Waals surface area contributed by atoms with Gasteiger partial charge in [-0.3, -0.25) is 14.5 Å². The number of aliphatic carboxylic acids is 1. The first-order valence-corrected chi connectivity index (χ1v) is 15.7. The first-order chi connectivity index (χ1) is 22.3. The fourth-order valence-electron chi connectivity index (χ4n) is 5.70. The molecule has 0 radical (unpaired) electrons. The largest absolute Gasteiger partial charge is 0.481 e. The molecule has 4 aromatic rings. The van der Waals surface area contributed by atoms with Gasteiger partial charge in [0.15, 0.2) is 6.29 Å². The summed E-state index contributed by atoms with van der Waals surface area (Å²) < 4.78 is 13.2. The van der Waals surface area contributed by atoms with E-state index >= 15 is 0 Å². The third kappa shape index (κ3) is 8.89. The third-order valence-corrected chi connectivity index (χ3v) is 8.55. The molecule has 4 aromatic carbocycles. The van der Waals surface area contributed by atoms with Crippen LogP contribution in [0.2, 0.25) is 0 Å². The van der Waals surface area contributed by atoms with E-state index in [1.54, 1.807) is 0 Å². The Morgan fingerprint density at radius 1 is 0.848 bits per heavy atom. The first-order valence-electron chi connectivity index (χ1n) is 15.7. The number of carbonyl (C=O) groups is 2. The maximum atomic E-state index is 12.0. The average molecular weight is 623 g/mol. The molecule has 1 heterocycles. The van der Waals surface area contributed by atoms with Crippen LogP contribution >= 0.6 is 0 Å². The van der Waals surface area contributed by atoms with Crippen molar-refractivity contribution in [2.45, 2.75) is 63.9 Å². The van der Waals surface area contributed by atoms with Gasteiger partial charge in [0.25, 0.3) is 0 Å². The number of nitrogens with one attached hydrogen (secondary N) is 1. The molecule has 0 unspecified atom stereocenters. The van der Waals surface area contributed by atoms with Gasteiger partial charge in [-0.15, -0.1) is 0 Å². The van der Waals surface area contributed by atoms with Crippen molar-refractivity contribution in [2.75, 3.05) is 13.6 Å². The predicted octanol–water partition coefficient (Wildman–Crippen LogP) is 6.57. The number of likely N-dealkylation sites (N-methyl/N-ethyl adjacent to an activating group) is 1. The monoisotopic (exact) mass is 622 g/mol. The van der Waals surface area contributed by atoms with Crippen molar-refractivity contribution < 1.29 is 29.3 Å². The van der Waals surface area contributed by atoms with Crippen molar-refractivity contribution in [3.05, 3.63) is 131 Å². The number of hydrogen-bond donors (Lipinski definition) is 3. The van der Waals surface area contributed by atoms with Gasteiger partial charge in [-0.1, -0.05) is 97.1 Å². The predicted molar refractivity (Wildman–Crippen MR) is 177 cm³/mol. The van der Waals surface area contributed by atoms with Crippen LogP contribution in [-0.4, -0.2) is 46.7 Å². The number of carboxylic acids is 1. The minimum Gasteiger partial charge on any atom is -0.481 e. The molecule has 0 aliphatic carbocycles. The van der Waals surface area contributed by atoms with Crippen LogP contribution in [0.15, 0.2) is 103 Å². The van der Waals surface area contributed by atoms with Crippen LogP contribution in [0.1, 0.15) is 72.4 Å². The van der Waals surface area contributed by atoms with Gasteiger partial charge in [0.1, 0.15) is 0 Å². The SMILES string of the molecule is C[C@@H](c1ccccc1)N(C)C[C@H]1C[C@@H](c2ccc(CO)cc2)O[C@@H](c2ccc(-c3cccc(CNC(=O)CCC(=O)O)c3)cc2)O1. The number of nitrogens with zero attached hydrogens (tertiary/aromatic N) is 1. The summed E-state index contributed by atoms with van der Waals surface area (Å²) in [5.41, 5.74) is 7.04. The summed E-state index contributed by atoms with van der Waals surface area (Å²) in [7, 11) is 2.13. The van der Waals surface area contributed by atoms with Crippen LogP contribution in [0.5, 0.6) is 0 Å². The van der Waals surface area contributed by atoms with Crippen molar-refractivity contribution in [1.82, 2.24) is 10.2 Å². The highest BCUT2D eigenvalue weighted by Crippen LogP contribution is 2.39. The highest BCUT2D eigenvalue weighted by atomic mass is 16.7. The van der Waals surface area contributed by atoms with Gasteiger partial charge in [-0.25, -0.2) is 0 Å². The second-order valence-corrected chi connectivity index (χ2v) is 11.9. The zero-order chi connectivity index (χ0) is 32.5. The topological polar surface area (TPSA) is 108 Å². The Hall–Kier alpha value is -4.34. The van der Waals surface area contributed by atoms with E-state index < -0.39 is 12.3 Å². The lowest BCUT2D eigenvalue weighted by atomic mass is 9.98. The summed E-state index contributed by atoms with van der Waals surface area (Å²) in [4.78, 5) is 25.0. The quantitative estimate of drug-likeness (QED) is 0.155. The summed E-state index contributed by atoms with van der Waals surface area (Å²) in [6.45, 7) is 3.27. The molecule has 0 aromatic heterocycles. The summed E-state index contributed by atoms with van der Waals surface area (Å²) in [6, 6.07) is 34.7. The van der Waals surface area contributed by atoms with Crippen LogP contribution in [0.25, 0.3) is 11.1 Å². The molecule has 4 atom stereocenters. The number of benzene rings is 4. The number of carbonyl (C=O) groups excluding carboxylic acids is 1. The van der Waals surface area contributed by atoms with Crippen molar-refractivity contribution in [1.29, 1.82) is 0 Å². The minimum atomic E-state index is -0.989. The highest BCUT2D eigenvalue weighted by Gasteiger charge is 2.33. The Morgan fingerprint density at radius 2 is 1.57 bits per heavy atom. The van der Waals surface area contributed by atoms with Crippen molar-refractivity contribution in [3.63, 3.8) is 0 Å². The van der Waals surface area contributed by atoms with Crippen LogP contribution in [0.3, 0.4) is 0 Å². The number of carboxylic acid groups (broad SMARTS) is 1. The maximum Gasteiger partial charge on any atom is 0.303 e. The van der Waals surface area contributed by atoms with Crippen LogP contribution in [-0.2, 0) is 32.2 Å². The van der Waals surface area contributed by atoms with Crippen LogP contribution < -0.4 is 5.32 Å². The second kappa shape index (κ2) is 15.8. The minimum absolute atomic E-state index is 0.000973. The lowest BCUT2D eigenvalue weighted by molar-refractivity contribution is -0.253. The molecular weight excluding hydrogens is 580 g/mol. The van der Waals surface area contributed by atoms with Gasteiger partial charge in [0.05, 0.1) is 25.2 Å². The lowest BCUT2D eigenvalue weighted by Gasteiger charge is -2.39. The maximum absolute atomic E-state index is 12.0. The summed E-state index contributed by atoms with van der Waals surface area (Å²) in [5, 5.41) is 21.1. The van der Waals surface area contributed by atoms with Crippen LogP contribution in [0, 0.1) is 0 Å². The molecule has 0 spiro atoms. The number of ether oxygens (including phenoxy) is 2. The highest BCUT2D eigenvalue weighted by molar-refractivity contribution is 5.80. The summed E-state index contributed by atoms with van der Waals surface area (Å²) in [6.07, 6.45) is -0.312. The van der Waals surface area contributed by atoms with Crippen LogP contribution in [0.4, 0.5) is 0 Å². The van der Waals surface area contributed by atoms with Gasteiger partial charge < -0.3 is 25.0 Å². The van der Waals surface area contributed by atoms with Crippen molar-refractivity contribution in [2.24, 2.45) is 0 Å². The van der Waals surface area contributed by atoms with E-state index in [-0.39, 0.29) is 43.6 Å². The fourth-order valence-corrected chi connectivity index (χ4v) is 5.70. The van der Waals surface area contributed by atoms with Gasteiger partial charge in [-0.2, -0.15) is 0 Å². The number of aliphatic hydroxyl groups is 1. The zero-order valence-electron chi connectivity index (χ0n) is 26.3. The Labute approximate surface area is 270 Å². The van der Waals surface area contributed by atoms with Gasteiger partial charge in [0, 0.05) is 37.5 Å². The number of aliphatic hydroxyl groups excluding tert-OH is 1. The summed E-state index contributed by atoms with van der Waals surface area (Å²) >= 11 is 0. The van der Waals surface area contributed by atoms with Crippen molar-refractivity contribution in [3.8, 4) is 11.1 Å². The molecule has 1 amide bonds. The van der Waals surface area contributed by atoms with Gasteiger partial charge in [-0.05, 0) is 53.4 Å². The number of amides is 1. The molecule has 46 heavy (non-hydrogen) atoms. The molecule has 240 valence electrons.